The maximum Gasteiger partial charge on any atom is 0.279 e. The molecule has 0 saturated carbocycles. The molecule has 2 heterocycles. The van der Waals surface area contributed by atoms with E-state index in [1.807, 2.05) is 11.5 Å². The number of halogens is 1. The van der Waals surface area contributed by atoms with Crippen LogP contribution in [0, 0.1) is 11.7 Å². The standard InChI is InChI=1S/C22H24FN3O3S2/c1-3-26-19-11-8-17(23)13-20(19)30-22(26)24-21(27)16-6-9-18(10-7-16)31(28,29)25-12-4-5-15(2)14-25/h6-11,13,15H,3-5,12,14H2,1-2H3. The molecule has 1 aliphatic rings. The minimum atomic E-state index is -3.57. The summed E-state index contributed by atoms with van der Waals surface area (Å²) in [7, 11) is -3.57. The van der Waals surface area contributed by atoms with E-state index in [2.05, 4.69) is 11.9 Å². The third-order valence-electron chi connectivity index (χ3n) is 5.52. The second-order valence-electron chi connectivity index (χ2n) is 7.79. The highest BCUT2D eigenvalue weighted by molar-refractivity contribution is 7.89. The summed E-state index contributed by atoms with van der Waals surface area (Å²) in [4.78, 5) is 17.6. The second-order valence-corrected chi connectivity index (χ2v) is 10.7. The lowest BCUT2D eigenvalue weighted by atomic mass is 10.0. The molecule has 0 aliphatic carbocycles. The molecule has 0 spiro atoms. The fourth-order valence-electron chi connectivity index (χ4n) is 3.87. The van der Waals surface area contributed by atoms with E-state index in [9.17, 15) is 17.6 Å². The molecule has 4 rings (SSSR count). The number of fused-ring (bicyclic) bond motifs is 1. The Kier molecular flexibility index (Phi) is 6.09. The number of benzene rings is 2. The first-order valence-electron chi connectivity index (χ1n) is 10.3. The number of sulfonamides is 1. The lowest BCUT2D eigenvalue weighted by Gasteiger charge is -2.30. The highest BCUT2D eigenvalue weighted by atomic mass is 32.2. The number of hydrogen-bond donors (Lipinski definition) is 0. The smallest absolute Gasteiger partial charge is 0.279 e. The van der Waals surface area contributed by atoms with Crippen LogP contribution in [0.1, 0.15) is 37.0 Å². The molecule has 1 atom stereocenters. The molecule has 1 saturated heterocycles. The third kappa shape index (κ3) is 4.35. The van der Waals surface area contributed by atoms with E-state index in [4.69, 9.17) is 0 Å². The Balaban J connectivity index is 1.63. The number of amides is 1. The van der Waals surface area contributed by atoms with Gasteiger partial charge in [-0.2, -0.15) is 9.30 Å². The van der Waals surface area contributed by atoms with Crippen LogP contribution in [-0.4, -0.2) is 36.3 Å². The summed E-state index contributed by atoms with van der Waals surface area (Å²) in [5, 5.41) is 0. The predicted octanol–water partition coefficient (Wildman–Crippen LogP) is 4.02. The van der Waals surface area contributed by atoms with E-state index in [-0.39, 0.29) is 10.7 Å². The molecule has 9 heteroatoms. The first-order chi connectivity index (χ1) is 14.8. The number of aryl methyl sites for hydroxylation is 1. The van der Waals surface area contributed by atoms with Gasteiger partial charge < -0.3 is 4.57 Å². The van der Waals surface area contributed by atoms with E-state index in [1.54, 1.807) is 6.07 Å². The van der Waals surface area contributed by atoms with Crippen LogP contribution >= 0.6 is 11.3 Å². The maximum atomic E-state index is 13.5. The lowest BCUT2D eigenvalue weighted by molar-refractivity contribution is 0.0997. The largest absolute Gasteiger partial charge is 0.317 e. The lowest BCUT2D eigenvalue weighted by Crippen LogP contribution is -2.39. The molecule has 0 bridgehead atoms. The summed E-state index contributed by atoms with van der Waals surface area (Å²) < 4.78 is 43.4. The molecule has 1 unspecified atom stereocenters. The van der Waals surface area contributed by atoms with Gasteiger partial charge in [0, 0.05) is 25.2 Å². The van der Waals surface area contributed by atoms with Gasteiger partial charge in [-0.15, -0.1) is 0 Å². The predicted molar refractivity (Wildman–Crippen MR) is 119 cm³/mol. The van der Waals surface area contributed by atoms with Crippen LogP contribution in [0.4, 0.5) is 4.39 Å². The van der Waals surface area contributed by atoms with Crippen molar-refractivity contribution in [3.63, 3.8) is 0 Å². The molecule has 31 heavy (non-hydrogen) atoms. The van der Waals surface area contributed by atoms with E-state index in [0.29, 0.717) is 40.6 Å². The van der Waals surface area contributed by atoms with Gasteiger partial charge in [0.05, 0.1) is 15.1 Å². The highest BCUT2D eigenvalue weighted by Crippen LogP contribution is 2.24. The first kappa shape index (κ1) is 21.9. The number of carbonyl (C=O) groups is 1. The maximum absolute atomic E-state index is 13.5. The van der Waals surface area contributed by atoms with Crippen LogP contribution in [0.25, 0.3) is 10.2 Å². The zero-order chi connectivity index (χ0) is 22.2. The number of nitrogens with zero attached hydrogens (tertiary/aromatic N) is 3. The Morgan fingerprint density at radius 1 is 1.23 bits per heavy atom. The molecular weight excluding hydrogens is 437 g/mol. The van der Waals surface area contributed by atoms with Crippen molar-refractivity contribution in [1.29, 1.82) is 0 Å². The normalized spacial score (nSPS) is 18.5. The van der Waals surface area contributed by atoms with Crippen LogP contribution in [-0.2, 0) is 16.6 Å². The van der Waals surface area contributed by atoms with Gasteiger partial charge in [0.2, 0.25) is 10.0 Å². The van der Waals surface area contributed by atoms with Crippen molar-refractivity contribution < 1.29 is 17.6 Å². The van der Waals surface area contributed by atoms with E-state index < -0.39 is 15.9 Å². The van der Waals surface area contributed by atoms with Gasteiger partial charge in [-0.25, -0.2) is 12.8 Å². The number of carbonyl (C=O) groups excluding carboxylic acids is 1. The summed E-state index contributed by atoms with van der Waals surface area (Å²) >= 11 is 1.24. The molecule has 2 aromatic carbocycles. The third-order valence-corrected chi connectivity index (χ3v) is 8.44. The Hall–Kier alpha value is -2.36. The number of thiazole rings is 1. The molecule has 1 amide bonds. The van der Waals surface area contributed by atoms with Gasteiger partial charge in [-0.05, 0) is 68.1 Å². The topological polar surface area (TPSA) is 71.7 Å². The molecule has 1 aromatic heterocycles. The van der Waals surface area contributed by atoms with Crippen LogP contribution in [0.2, 0.25) is 0 Å². The zero-order valence-electron chi connectivity index (χ0n) is 17.4. The van der Waals surface area contributed by atoms with Crippen molar-refractivity contribution in [3.8, 4) is 0 Å². The SMILES string of the molecule is CCn1c(=NC(=O)c2ccc(S(=O)(=O)N3CCCC(C)C3)cc2)sc2cc(F)ccc21. The molecule has 3 aromatic rings. The average molecular weight is 462 g/mol. The molecule has 1 fully saturated rings. The monoisotopic (exact) mass is 461 g/mol. The molecule has 0 N–H and O–H groups in total. The molecule has 164 valence electrons. The highest BCUT2D eigenvalue weighted by Gasteiger charge is 2.28. The fraction of sp³-hybridized carbons (Fsp3) is 0.364. The molecule has 6 nitrogen and oxygen atoms in total. The van der Waals surface area contributed by atoms with E-state index in [1.165, 1.54) is 52.0 Å². The molecule has 1 aliphatic heterocycles. The van der Waals surface area contributed by atoms with E-state index >= 15 is 0 Å². The van der Waals surface area contributed by atoms with Crippen LogP contribution in [0.5, 0.6) is 0 Å². The summed E-state index contributed by atoms with van der Waals surface area (Å²) in [6.07, 6.45) is 1.88. The fourth-order valence-corrected chi connectivity index (χ4v) is 6.59. The van der Waals surface area contributed by atoms with Crippen molar-refractivity contribution in [3.05, 3.63) is 58.6 Å². The number of hydrogen-bond acceptors (Lipinski definition) is 4. The van der Waals surface area contributed by atoms with Crippen molar-refractivity contribution in [2.24, 2.45) is 10.9 Å². The van der Waals surface area contributed by atoms with Crippen molar-refractivity contribution in [1.82, 2.24) is 8.87 Å². The summed E-state index contributed by atoms with van der Waals surface area (Å²) in [5.74, 6) is -0.470. The molecule has 0 radical (unpaired) electrons. The second kappa shape index (κ2) is 8.64. The van der Waals surface area contributed by atoms with Gasteiger partial charge in [0.1, 0.15) is 5.82 Å². The van der Waals surface area contributed by atoms with E-state index in [0.717, 1.165) is 18.4 Å². The minimum Gasteiger partial charge on any atom is -0.317 e. The van der Waals surface area contributed by atoms with Crippen molar-refractivity contribution in [2.75, 3.05) is 13.1 Å². The van der Waals surface area contributed by atoms with Gasteiger partial charge in [0.25, 0.3) is 5.91 Å². The Morgan fingerprint density at radius 3 is 2.65 bits per heavy atom. The quantitative estimate of drug-likeness (QED) is 0.589. The van der Waals surface area contributed by atoms with Crippen LogP contribution < -0.4 is 4.80 Å². The Morgan fingerprint density at radius 2 is 1.97 bits per heavy atom. The van der Waals surface area contributed by atoms with Gasteiger partial charge in [-0.3, -0.25) is 4.79 Å². The van der Waals surface area contributed by atoms with Crippen molar-refractivity contribution >= 4 is 37.5 Å². The van der Waals surface area contributed by atoms with Crippen LogP contribution in [0.3, 0.4) is 0 Å². The first-order valence-corrected chi connectivity index (χ1v) is 12.5. The minimum absolute atomic E-state index is 0.180. The number of piperidine rings is 1. The summed E-state index contributed by atoms with van der Waals surface area (Å²) in [5.41, 5.74) is 1.12. The average Bonchev–Trinajstić information content (AvgIpc) is 3.09. The number of rotatable bonds is 4. The number of aromatic nitrogens is 1. The van der Waals surface area contributed by atoms with Gasteiger partial charge in [-0.1, -0.05) is 18.3 Å². The summed E-state index contributed by atoms with van der Waals surface area (Å²) in [6, 6.07) is 10.4. The van der Waals surface area contributed by atoms with Crippen molar-refractivity contribution in [2.45, 2.75) is 38.1 Å². The Labute approximate surface area is 184 Å². The Bertz CT molecular complexity index is 1290. The van der Waals surface area contributed by atoms with Crippen LogP contribution in [0.15, 0.2) is 52.4 Å². The van der Waals surface area contributed by atoms with Gasteiger partial charge in [0.15, 0.2) is 4.80 Å². The summed E-state index contributed by atoms with van der Waals surface area (Å²) in [6.45, 7) is 5.60. The zero-order valence-corrected chi connectivity index (χ0v) is 19.0. The van der Waals surface area contributed by atoms with Gasteiger partial charge >= 0.3 is 0 Å². The molecular formula is C22H24FN3O3S2.